The molecular weight excluding hydrogens is 340 g/mol. The van der Waals surface area contributed by atoms with Gasteiger partial charge in [0.2, 0.25) is 11.7 Å². The zero-order valence-corrected chi connectivity index (χ0v) is 12.8. The van der Waals surface area contributed by atoms with E-state index in [1.54, 1.807) is 0 Å². The summed E-state index contributed by atoms with van der Waals surface area (Å²) in [7, 11) is 0. The molecule has 1 amide bonds. The molecule has 0 radical (unpaired) electrons. The van der Waals surface area contributed by atoms with Crippen LogP contribution in [0.1, 0.15) is 0 Å². The van der Waals surface area contributed by atoms with Gasteiger partial charge in [-0.15, -0.1) is 10.2 Å². The van der Waals surface area contributed by atoms with Crippen molar-refractivity contribution in [2.24, 2.45) is 0 Å². The lowest BCUT2D eigenvalue weighted by atomic mass is 10.2. The number of carbonyl (C=O) groups excluding carboxylic acids is 1. The Kier molecular flexibility index (Phi) is 4.48. The molecule has 1 heterocycles. The Morgan fingerprint density at radius 2 is 1.92 bits per heavy atom. The molecule has 3 rings (SSSR count). The summed E-state index contributed by atoms with van der Waals surface area (Å²) in [5, 5.41) is 14.2. The molecule has 0 fully saturated rings. The molecule has 9 heteroatoms. The SMILES string of the molecule is O=C(Cn1nnc(-c2ccc(F)cc2)n1)Nc1ccc(Cl)cc1F. The van der Waals surface area contributed by atoms with Gasteiger partial charge in [0.1, 0.15) is 18.2 Å². The van der Waals surface area contributed by atoms with Crippen molar-refractivity contribution in [1.82, 2.24) is 20.2 Å². The molecule has 0 saturated carbocycles. The van der Waals surface area contributed by atoms with E-state index in [2.05, 4.69) is 20.7 Å². The number of tetrazole rings is 1. The minimum absolute atomic E-state index is 0.00303. The summed E-state index contributed by atoms with van der Waals surface area (Å²) in [5.41, 5.74) is 0.565. The van der Waals surface area contributed by atoms with Crippen LogP contribution >= 0.6 is 11.6 Å². The van der Waals surface area contributed by atoms with Crippen molar-refractivity contribution in [3.8, 4) is 11.4 Å². The third-order valence-corrected chi connectivity index (χ3v) is 3.28. The molecule has 0 aliphatic rings. The number of nitrogens with one attached hydrogen (secondary N) is 1. The third-order valence-electron chi connectivity index (χ3n) is 3.05. The lowest BCUT2D eigenvalue weighted by molar-refractivity contribution is -0.117. The summed E-state index contributed by atoms with van der Waals surface area (Å²) in [4.78, 5) is 13.0. The fraction of sp³-hybridized carbons (Fsp3) is 0.0667. The van der Waals surface area contributed by atoms with Gasteiger partial charge in [0.05, 0.1) is 5.69 Å². The molecule has 0 atom stereocenters. The van der Waals surface area contributed by atoms with E-state index >= 15 is 0 Å². The lowest BCUT2D eigenvalue weighted by Crippen LogP contribution is -2.21. The van der Waals surface area contributed by atoms with E-state index < -0.39 is 11.7 Å². The standard InChI is InChI=1S/C15H10ClF2N5O/c16-10-3-6-13(12(18)7-10)19-14(24)8-23-21-15(20-22-23)9-1-4-11(17)5-2-9/h1-7H,8H2,(H,19,24). The molecule has 0 bridgehead atoms. The smallest absolute Gasteiger partial charge is 0.248 e. The highest BCUT2D eigenvalue weighted by atomic mass is 35.5. The second-order valence-electron chi connectivity index (χ2n) is 4.82. The average molecular weight is 350 g/mol. The summed E-state index contributed by atoms with van der Waals surface area (Å²) in [6, 6.07) is 9.45. The van der Waals surface area contributed by atoms with Crippen LogP contribution in [0.15, 0.2) is 42.5 Å². The summed E-state index contributed by atoms with van der Waals surface area (Å²) in [6.45, 7) is -0.254. The maximum Gasteiger partial charge on any atom is 0.248 e. The van der Waals surface area contributed by atoms with E-state index in [9.17, 15) is 13.6 Å². The molecule has 0 aliphatic carbocycles. The van der Waals surface area contributed by atoms with Crippen LogP contribution in [0.3, 0.4) is 0 Å². The molecule has 24 heavy (non-hydrogen) atoms. The fourth-order valence-corrected chi connectivity index (χ4v) is 2.09. The quantitative estimate of drug-likeness (QED) is 0.786. The minimum Gasteiger partial charge on any atom is -0.322 e. The van der Waals surface area contributed by atoms with Crippen LogP contribution in [-0.2, 0) is 11.3 Å². The van der Waals surface area contributed by atoms with Crippen molar-refractivity contribution in [1.29, 1.82) is 0 Å². The van der Waals surface area contributed by atoms with Crippen LogP contribution in [0.2, 0.25) is 5.02 Å². The highest BCUT2D eigenvalue weighted by Gasteiger charge is 2.11. The van der Waals surface area contributed by atoms with Gasteiger partial charge in [-0.05, 0) is 47.7 Å². The van der Waals surface area contributed by atoms with Crippen LogP contribution in [-0.4, -0.2) is 26.1 Å². The van der Waals surface area contributed by atoms with Gasteiger partial charge in [0.25, 0.3) is 0 Å². The summed E-state index contributed by atoms with van der Waals surface area (Å²) in [5.74, 6) is -1.30. The Morgan fingerprint density at radius 1 is 1.17 bits per heavy atom. The number of hydrogen-bond acceptors (Lipinski definition) is 4. The largest absolute Gasteiger partial charge is 0.322 e. The first-order valence-electron chi connectivity index (χ1n) is 6.80. The first-order valence-corrected chi connectivity index (χ1v) is 7.18. The molecule has 122 valence electrons. The summed E-state index contributed by atoms with van der Waals surface area (Å²) >= 11 is 5.65. The van der Waals surface area contributed by atoms with Crippen molar-refractivity contribution in [3.05, 3.63) is 59.1 Å². The zero-order valence-electron chi connectivity index (χ0n) is 12.1. The number of benzene rings is 2. The minimum atomic E-state index is -0.644. The van der Waals surface area contributed by atoms with Gasteiger partial charge in [-0.1, -0.05) is 11.6 Å². The summed E-state index contributed by atoms with van der Waals surface area (Å²) in [6.07, 6.45) is 0. The molecule has 0 unspecified atom stereocenters. The van der Waals surface area contributed by atoms with Crippen LogP contribution in [0.25, 0.3) is 11.4 Å². The predicted molar refractivity (Wildman–Crippen MR) is 83.3 cm³/mol. The van der Waals surface area contributed by atoms with E-state index in [1.807, 2.05) is 0 Å². The molecule has 0 aliphatic heterocycles. The average Bonchev–Trinajstić information content (AvgIpc) is 2.99. The van der Waals surface area contributed by atoms with E-state index in [0.717, 1.165) is 10.9 Å². The van der Waals surface area contributed by atoms with E-state index in [4.69, 9.17) is 11.6 Å². The van der Waals surface area contributed by atoms with Crippen molar-refractivity contribution >= 4 is 23.2 Å². The Balaban J connectivity index is 1.68. The lowest BCUT2D eigenvalue weighted by Gasteiger charge is -2.05. The van der Waals surface area contributed by atoms with Crippen LogP contribution in [0.5, 0.6) is 0 Å². The first-order chi connectivity index (χ1) is 11.5. The Morgan fingerprint density at radius 3 is 2.62 bits per heavy atom. The highest BCUT2D eigenvalue weighted by Crippen LogP contribution is 2.19. The molecule has 1 N–H and O–H groups in total. The maximum absolute atomic E-state index is 13.6. The van der Waals surface area contributed by atoms with Gasteiger partial charge < -0.3 is 5.32 Å². The predicted octanol–water partition coefficient (Wildman–Crippen LogP) is 2.91. The normalized spacial score (nSPS) is 10.6. The number of rotatable bonds is 4. The van der Waals surface area contributed by atoms with Crippen molar-refractivity contribution in [3.63, 3.8) is 0 Å². The Labute approximate surface area is 140 Å². The monoisotopic (exact) mass is 349 g/mol. The van der Waals surface area contributed by atoms with Gasteiger partial charge in [-0.3, -0.25) is 4.79 Å². The van der Waals surface area contributed by atoms with Crippen molar-refractivity contribution in [2.45, 2.75) is 6.54 Å². The molecule has 2 aromatic carbocycles. The third kappa shape index (κ3) is 3.72. The second kappa shape index (κ2) is 6.71. The molecule has 0 spiro atoms. The van der Waals surface area contributed by atoms with E-state index in [1.165, 1.54) is 36.4 Å². The van der Waals surface area contributed by atoms with Gasteiger partial charge in [0, 0.05) is 10.6 Å². The van der Waals surface area contributed by atoms with Crippen LogP contribution in [0, 0.1) is 11.6 Å². The van der Waals surface area contributed by atoms with Gasteiger partial charge in [0.15, 0.2) is 0 Å². The Hall–Kier alpha value is -2.87. The van der Waals surface area contributed by atoms with Crippen LogP contribution < -0.4 is 5.32 Å². The topological polar surface area (TPSA) is 72.7 Å². The number of aromatic nitrogens is 4. The van der Waals surface area contributed by atoms with Gasteiger partial charge >= 0.3 is 0 Å². The van der Waals surface area contributed by atoms with Gasteiger partial charge in [-0.2, -0.15) is 4.80 Å². The van der Waals surface area contributed by atoms with Crippen LogP contribution in [0.4, 0.5) is 14.5 Å². The molecular formula is C15H10ClF2N5O. The Bertz CT molecular complexity index is 882. The molecule has 1 aromatic heterocycles. The second-order valence-corrected chi connectivity index (χ2v) is 5.26. The van der Waals surface area contributed by atoms with E-state index in [0.29, 0.717) is 5.56 Å². The number of anilines is 1. The van der Waals surface area contributed by atoms with Gasteiger partial charge in [-0.25, -0.2) is 8.78 Å². The number of carbonyl (C=O) groups is 1. The number of nitrogens with zero attached hydrogens (tertiary/aromatic N) is 4. The molecule has 0 saturated heterocycles. The van der Waals surface area contributed by atoms with E-state index in [-0.39, 0.29) is 28.9 Å². The summed E-state index contributed by atoms with van der Waals surface area (Å²) < 4.78 is 26.5. The van der Waals surface area contributed by atoms with Crippen molar-refractivity contribution in [2.75, 3.05) is 5.32 Å². The number of halogens is 3. The fourth-order valence-electron chi connectivity index (χ4n) is 1.93. The highest BCUT2D eigenvalue weighted by molar-refractivity contribution is 6.30. The van der Waals surface area contributed by atoms with Crippen molar-refractivity contribution < 1.29 is 13.6 Å². The number of hydrogen-bond donors (Lipinski definition) is 1. The maximum atomic E-state index is 13.6. The number of amides is 1. The first kappa shape index (κ1) is 16.0. The zero-order chi connectivity index (χ0) is 17.1. The molecule has 6 nitrogen and oxygen atoms in total. The molecule has 3 aromatic rings.